The lowest BCUT2D eigenvalue weighted by Gasteiger charge is -2.17. The highest BCUT2D eigenvalue weighted by atomic mass is 16.5. The topological polar surface area (TPSA) is 50.1 Å². The van der Waals surface area contributed by atoms with Crippen molar-refractivity contribution in [2.24, 2.45) is 0 Å². The second-order valence-electron chi connectivity index (χ2n) is 5.70. The van der Waals surface area contributed by atoms with E-state index in [4.69, 9.17) is 4.74 Å². The van der Waals surface area contributed by atoms with Gasteiger partial charge < -0.3 is 4.74 Å². The molecule has 22 heavy (non-hydrogen) atoms. The monoisotopic (exact) mass is 289 g/mol. The molecule has 0 aliphatic carbocycles. The van der Waals surface area contributed by atoms with E-state index in [-0.39, 0.29) is 11.4 Å². The summed E-state index contributed by atoms with van der Waals surface area (Å²) >= 11 is 0. The lowest BCUT2D eigenvalue weighted by Crippen LogP contribution is -2.29. The Labute approximate surface area is 129 Å². The molecule has 0 saturated carbocycles. The number of nitriles is 1. The molecule has 1 aliphatic rings. The normalized spacial score (nSPS) is 16.3. The largest absolute Gasteiger partial charge is 0.478 e. The van der Waals surface area contributed by atoms with Gasteiger partial charge in [0.1, 0.15) is 17.4 Å². The number of carbonyl (C=O) groups is 1. The zero-order valence-corrected chi connectivity index (χ0v) is 12.5. The molecule has 3 heteroatoms. The Morgan fingerprint density at radius 3 is 2.05 bits per heavy atom. The van der Waals surface area contributed by atoms with Gasteiger partial charge in [0.05, 0.1) is 0 Å². The fourth-order valence-electron chi connectivity index (χ4n) is 2.51. The van der Waals surface area contributed by atoms with Gasteiger partial charge in [-0.3, -0.25) is 4.79 Å². The average molecular weight is 289 g/mol. The molecule has 0 radical (unpaired) electrons. The third-order valence-corrected chi connectivity index (χ3v) is 3.72. The molecule has 0 atom stereocenters. The van der Waals surface area contributed by atoms with E-state index < -0.39 is 5.60 Å². The van der Waals surface area contributed by atoms with Gasteiger partial charge in [-0.1, -0.05) is 54.6 Å². The predicted molar refractivity (Wildman–Crippen MR) is 84.6 cm³/mol. The van der Waals surface area contributed by atoms with Gasteiger partial charge in [-0.05, 0) is 25.0 Å². The summed E-state index contributed by atoms with van der Waals surface area (Å²) in [5.74, 6) is 0.106. The minimum absolute atomic E-state index is 0.0949. The van der Waals surface area contributed by atoms with Crippen molar-refractivity contribution in [3.8, 4) is 17.2 Å². The first-order chi connectivity index (χ1) is 10.5. The molecule has 0 aromatic heterocycles. The Morgan fingerprint density at radius 1 is 0.909 bits per heavy atom. The first-order valence-corrected chi connectivity index (χ1v) is 7.07. The molecule has 2 aromatic carbocycles. The zero-order chi connectivity index (χ0) is 15.7. The summed E-state index contributed by atoms with van der Waals surface area (Å²) in [5.41, 5.74) is 2.06. The van der Waals surface area contributed by atoms with E-state index in [0.717, 1.165) is 16.7 Å². The van der Waals surface area contributed by atoms with Crippen LogP contribution in [0.25, 0.3) is 16.9 Å². The average Bonchev–Trinajstić information content (AvgIpc) is 2.78. The second kappa shape index (κ2) is 5.16. The number of ketones is 1. The number of rotatable bonds is 2. The van der Waals surface area contributed by atoms with Crippen LogP contribution in [-0.2, 0) is 9.53 Å². The maximum absolute atomic E-state index is 12.1. The van der Waals surface area contributed by atoms with Gasteiger partial charge in [0.25, 0.3) is 0 Å². The van der Waals surface area contributed by atoms with Crippen LogP contribution in [0.1, 0.15) is 19.4 Å². The number of hydrogen-bond acceptors (Lipinski definition) is 3. The second-order valence-corrected chi connectivity index (χ2v) is 5.70. The van der Waals surface area contributed by atoms with Crippen molar-refractivity contribution >= 4 is 11.5 Å². The molecular formula is C19H15NO2. The Balaban J connectivity index is 1.99. The first-order valence-electron chi connectivity index (χ1n) is 7.07. The third-order valence-electron chi connectivity index (χ3n) is 3.72. The van der Waals surface area contributed by atoms with Crippen molar-refractivity contribution in [2.45, 2.75) is 19.4 Å². The van der Waals surface area contributed by atoms with Gasteiger partial charge in [0.2, 0.25) is 5.78 Å². The summed E-state index contributed by atoms with van der Waals surface area (Å²) in [6.45, 7) is 3.36. The lowest BCUT2D eigenvalue weighted by molar-refractivity contribution is -0.126. The lowest BCUT2D eigenvalue weighted by atomic mass is 9.98. The Hall–Kier alpha value is -2.86. The SMILES string of the molecule is CC1(C)OC(c2ccc(-c3ccccc3)cc2)=C(C#N)C1=O. The van der Waals surface area contributed by atoms with Crippen LogP contribution >= 0.6 is 0 Å². The zero-order valence-electron chi connectivity index (χ0n) is 12.5. The Kier molecular flexibility index (Phi) is 3.30. The third kappa shape index (κ3) is 2.29. The molecule has 0 amide bonds. The van der Waals surface area contributed by atoms with E-state index in [1.807, 2.05) is 60.7 Å². The molecule has 0 spiro atoms. The Morgan fingerprint density at radius 2 is 1.45 bits per heavy atom. The van der Waals surface area contributed by atoms with E-state index in [9.17, 15) is 10.1 Å². The number of nitrogens with zero attached hydrogens (tertiary/aromatic N) is 1. The molecule has 0 bridgehead atoms. The van der Waals surface area contributed by atoms with Crippen molar-refractivity contribution in [3.05, 3.63) is 65.7 Å². The molecule has 0 fully saturated rings. The molecule has 1 heterocycles. The molecule has 0 saturated heterocycles. The van der Waals surface area contributed by atoms with Crippen LogP contribution in [0.5, 0.6) is 0 Å². The Bertz CT molecular complexity index is 794. The fraction of sp³-hybridized carbons (Fsp3) is 0.158. The predicted octanol–water partition coefficient (Wildman–Crippen LogP) is 3.97. The minimum atomic E-state index is -0.974. The van der Waals surface area contributed by atoms with Gasteiger partial charge in [-0.25, -0.2) is 0 Å². The van der Waals surface area contributed by atoms with Crippen molar-refractivity contribution in [1.29, 1.82) is 5.26 Å². The standard InChI is InChI=1S/C19H15NO2/c1-19(2)18(21)16(12-20)17(22-19)15-10-8-14(9-11-15)13-6-4-3-5-7-13/h3-11H,1-2H3. The maximum Gasteiger partial charge on any atom is 0.220 e. The van der Waals surface area contributed by atoms with Crippen molar-refractivity contribution < 1.29 is 9.53 Å². The van der Waals surface area contributed by atoms with Crippen LogP contribution < -0.4 is 0 Å². The van der Waals surface area contributed by atoms with Gasteiger partial charge in [-0.15, -0.1) is 0 Å². The molecule has 2 aromatic rings. The van der Waals surface area contributed by atoms with Crippen LogP contribution in [0.2, 0.25) is 0 Å². The smallest absolute Gasteiger partial charge is 0.220 e. The summed E-state index contributed by atoms with van der Waals surface area (Å²) in [5, 5.41) is 9.22. The van der Waals surface area contributed by atoms with Crippen LogP contribution in [0.3, 0.4) is 0 Å². The van der Waals surface area contributed by atoms with E-state index in [1.54, 1.807) is 13.8 Å². The summed E-state index contributed by atoms with van der Waals surface area (Å²) < 4.78 is 5.70. The number of benzene rings is 2. The molecule has 108 valence electrons. The summed E-state index contributed by atoms with van der Waals surface area (Å²) in [6, 6.07) is 19.7. The summed E-state index contributed by atoms with van der Waals surface area (Å²) in [6.07, 6.45) is 0. The van der Waals surface area contributed by atoms with Crippen molar-refractivity contribution in [2.75, 3.05) is 0 Å². The first kappa shape index (κ1) is 14.1. The minimum Gasteiger partial charge on any atom is -0.478 e. The molecule has 0 N–H and O–H groups in total. The highest BCUT2D eigenvalue weighted by Crippen LogP contribution is 2.36. The van der Waals surface area contributed by atoms with Gasteiger partial charge in [0, 0.05) is 5.56 Å². The van der Waals surface area contributed by atoms with E-state index in [2.05, 4.69) is 0 Å². The molecule has 3 rings (SSSR count). The van der Waals surface area contributed by atoms with Crippen LogP contribution in [0.15, 0.2) is 60.2 Å². The van der Waals surface area contributed by atoms with Gasteiger partial charge in [-0.2, -0.15) is 5.26 Å². The van der Waals surface area contributed by atoms with Gasteiger partial charge in [0.15, 0.2) is 5.60 Å². The van der Waals surface area contributed by atoms with E-state index in [0.29, 0.717) is 5.76 Å². The molecule has 0 unspecified atom stereocenters. The number of Topliss-reactive ketones (excluding diaryl/α,β-unsaturated/α-hetero) is 1. The van der Waals surface area contributed by atoms with E-state index in [1.165, 1.54) is 0 Å². The van der Waals surface area contributed by atoms with Gasteiger partial charge >= 0.3 is 0 Å². The highest BCUT2D eigenvalue weighted by molar-refractivity contribution is 6.12. The molecule has 3 nitrogen and oxygen atoms in total. The van der Waals surface area contributed by atoms with Crippen LogP contribution in [0, 0.1) is 11.3 Å². The highest BCUT2D eigenvalue weighted by Gasteiger charge is 2.42. The number of hydrogen-bond donors (Lipinski definition) is 0. The molecular weight excluding hydrogens is 274 g/mol. The number of ether oxygens (including phenoxy) is 1. The number of carbonyl (C=O) groups excluding carboxylic acids is 1. The van der Waals surface area contributed by atoms with Crippen LogP contribution in [-0.4, -0.2) is 11.4 Å². The molecule has 1 aliphatic heterocycles. The van der Waals surface area contributed by atoms with Crippen molar-refractivity contribution in [3.63, 3.8) is 0 Å². The maximum atomic E-state index is 12.1. The summed E-state index contributed by atoms with van der Waals surface area (Å²) in [4.78, 5) is 12.1. The van der Waals surface area contributed by atoms with Crippen LogP contribution in [0.4, 0.5) is 0 Å². The fourth-order valence-corrected chi connectivity index (χ4v) is 2.51. The van der Waals surface area contributed by atoms with E-state index >= 15 is 0 Å². The van der Waals surface area contributed by atoms with Crippen molar-refractivity contribution in [1.82, 2.24) is 0 Å². The quantitative estimate of drug-likeness (QED) is 0.840. The summed E-state index contributed by atoms with van der Waals surface area (Å²) in [7, 11) is 0.